The zero-order valence-corrected chi connectivity index (χ0v) is 21.3. The zero-order chi connectivity index (χ0) is 26.1. The second-order valence-electron chi connectivity index (χ2n) is 8.06. The highest BCUT2D eigenvalue weighted by atomic mass is 35.5. The van der Waals surface area contributed by atoms with Crippen molar-refractivity contribution in [2.75, 3.05) is 6.54 Å². The van der Waals surface area contributed by atoms with Crippen molar-refractivity contribution in [3.8, 4) is 17.0 Å². The molecule has 0 radical (unpaired) electrons. The van der Waals surface area contributed by atoms with Crippen molar-refractivity contribution in [3.63, 3.8) is 0 Å². The number of aromatic nitrogens is 1. The number of carbonyl (C=O) groups is 1. The maximum atomic E-state index is 13.2. The van der Waals surface area contributed by atoms with E-state index in [0.29, 0.717) is 34.0 Å². The summed E-state index contributed by atoms with van der Waals surface area (Å²) < 4.78 is 69.0. The average Bonchev–Trinajstić information content (AvgIpc) is 3.49. The number of rotatable bonds is 9. The molecule has 3 aromatic rings. The molecular weight excluding hydrogens is 539 g/mol. The third-order valence-corrected chi connectivity index (χ3v) is 9.41. The van der Waals surface area contributed by atoms with E-state index < -0.39 is 27.8 Å². The Labute approximate surface area is 214 Å². The van der Waals surface area contributed by atoms with E-state index in [1.807, 2.05) is 0 Å². The van der Waals surface area contributed by atoms with Crippen molar-refractivity contribution in [1.82, 2.24) is 14.6 Å². The highest BCUT2D eigenvalue weighted by Crippen LogP contribution is 2.45. The second kappa shape index (κ2) is 10.0. The van der Waals surface area contributed by atoms with Crippen molar-refractivity contribution in [3.05, 3.63) is 64.6 Å². The molecule has 1 N–H and O–H groups in total. The molecule has 1 saturated carbocycles. The fourth-order valence-electron chi connectivity index (χ4n) is 3.87. The number of hydrogen-bond acceptors (Lipinski definition) is 6. The summed E-state index contributed by atoms with van der Waals surface area (Å²) >= 11 is 6.86. The highest BCUT2D eigenvalue weighted by Gasteiger charge is 2.58. The predicted octanol–water partition coefficient (Wildman–Crippen LogP) is 5.22. The minimum Gasteiger partial charge on any atom is -0.406 e. The molecule has 1 aromatic carbocycles. The van der Waals surface area contributed by atoms with Gasteiger partial charge in [-0.15, -0.1) is 24.5 Å². The maximum Gasteiger partial charge on any atom is 0.573 e. The number of sulfonamides is 1. The predicted molar refractivity (Wildman–Crippen MR) is 129 cm³/mol. The van der Waals surface area contributed by atoms with Gasteiger partial charge in [-0.05, 0) is 66.9 Å². The van der Waals surface area contributed by atoms with Crippen LogP contribution in [0.1, 0.15) is 25.3 Å². The van der Waals surface area contributed by atoms with E-state index in [-0.39, 0.29) is 23.0 Å². The van der Waals surface area contributed by atoms with Gasteiger partial charge in [0.05, 0.1) is 10.0 Å². The van der Waals surface area contributed by atoms with Crippen LogP contribution >= 0.6 is 22.9 Å². The standard InChI is InChI=1S/C23H21ClF3N3O4S2/c1-2-30(36(32,33)20-8-7-19(24)35-20)22(10-11-22)21(31)29-14-15-9-12-28-18(13-15)16-3-5-17(6-4-16)34-23(25,26)27/h3-9,12-13H,2,10-11,14H2,1H3,(H,29,31). The normalized spacial score (nSPS) is 15.1. The lowest BCUT2D eigenvalue weighted by Gasteiger charge is -2.28. The first-order chi connectivity index (χ1) is 16.9. The average molecular weight is 560 g/mol. The number of ether oxygens (including phenoxy) is 1. The van der Waals surface area contributed by atoms with Crippen LogP contribution in [0.4, 0.5) is 13.2 Å². The number of amides is 1. The lowest BCUT2D eigenvalue weighted by molar-refractivity contribution is -0.274. The van der Waals surface area contributed by atoms with Gasteiger partial charge in [-0.3, -0.25) is 9.78 Å². The summed E-state index contributed by atoms with van der Waals surface area (Å²) in [5.74, 6) is -0.743. The number of alkyl halides is 3. The largest absolute Gasteiger partial charge is 0.573 e. The fourth-order valence-corrected chi connectivity index (χ4v) is 7.27. The van der Waals surface area contributed by atoms with Gasteiger partial charge in [-0.25, -0.2) is 8.42 Å². The molecule has 0 unspecified atom stereocenters. The molecule has 0 aliphatic heterocycles. The monoisotopic (exact) mass is 559 g/mol. The van der Waals surface area contributed by atoms with Gasteiger partial charge in [0.1, 0.15) is 15.5 Å². The topological polar surface area (TPSA) is 88.6 Å². The molecule has 0 atom stereocenters. The first kappa shape index (κ1) is 26.4. The molecule has 7 nitrogen and oxygen atoms in total. The molecular formula is C23H21ClF3N3O4S2. The lowest BCUT2D eigenvalue weighted by atomic mass is 10.1. The quantitative estimate of drug-likeness (QED) is 0.388. The van der Waals surface area contributed by atoms with Crippen LogP contribution in [0.15, 0.2) is 58.9 Å². The van der Waals surface area contributed by atoms with Gasteiger partial charge < -0.3 is 10.1 Å². The fraction of sp³-hybridized carbons (Fsp3) is 0.304. The summed E-state index contributed by atoms with van der Waals surface area (Å²) in [5.41, 5.74) is 0.590. The molecule has 0 bridgehead atoms. The number of nitrogens with one attached hydrogen (secondary N) is 1. The summed E-state index contributed by atoms with van der Waals surface area (Å²) in [6.45, 7) is 1.92. The molecule has 0 saturated heterocycles. The minimum atomic E-state index is -4.78. The SMILES string of the molecule is CCN(C1(C(=O)NCc2ccnc(-c3ccc(OC(F)(F)F)cc3)c2)CC1)S(=O)(=O)c1ccc(Cl)s1. The summed E-state index contributed by atoms with van der Waals surface area (Å²) in [6, 6.07) is 11.6. The van der Waals surface area contributed by atoms with E-state index in [4.69, 9.17) is 11.6 Å². The van der Waals surface area contributed by atoms with Crippen molar-refractivity contribution in [1.29, 1.82) is 0 Å². The summed E-state index contributed by atoms with van der Waals surface area (Å²) in [5, 5.41) is 2.82. The van der Waals surface area contributed by atoms with Gasteiger partial charge in [0.2, 0.25) is 5.91 Å². The highest BCUT2D eigenvalue weighted by molar-refractivity contribution is 7.91. The number of benzene rings is 1. The number of carbonyl (C=O) groups excluding carboxylic acids is 1. The number of hydrogen-bond donors (Lipinski definition) is 1. The van der Waals surface area contributed by atoms with Gasteiger partial charge in [0.15, 0.2) is 0 Å². The smallest absolute Gasteiger partial charge is 0.406 e. The Balaban J connectivity index is 1.45. The number of likely N-dealkylation sites (N-methyl/N-ethyl adjacent to an activating group) is 1. The van der Waals surface area contributed by atoms with E-state index in [9.17, 15) is 26.4 Å². The van der Waals surface area contributed by atoms with Crippen LogP contribution < -0.4 is 10.1 Å². The van der Waals surface area contributed by atoms with Crippen LogP contribution in [-0.2, 0) is 21.4 Å². The van der Waals surface area contributed by atoms with Crippen molar-refractivity contribution in [2.45, 2.75) is 42.4 Å². The van der Waals surface area contributed by atoms with Crippen LogP contribution in [0.5, 0.6) is 5.75 Å². The second-order valence-corrected chi connectivity index (χ2v) is 11.9. The Morgan fingerprint density at radius 2 is 1.89 bits per heavy atom. The molecule has 1 aliphatic carbocycles. The Bertz CT molecular complexity index is 1360. The van der Waals surface area contributed by atoms with Crippen molar-refractivity contribution in [2.24, 2.45) is 0 Å². The Morgan fingerprint density at radius 3 is 2.44 bits per heavy atom. The van der Waals surface area contributed by atoms with Gasteiger partial charge in [0.25, 0.3) is 10.0 Å². The summed E-state index contributed by atoms with van der Waals surface area (Å²) in [6.07, 6.45) is -2.45. The molecule has 1 fully saturated rings. The maximum absolute atomic E-state index is 13.2. The Morgan fingerprint density at radius 1 is 1.19 bits per heavy atom. The number of pyridine rings is 1. The molecule has 1 aliphatic rings. The molecule has 4 rings (SSSR count). The third-order valence-electron chi connectivity index (χ3n) is 5.66. The van der Waals surface area contributed by atoms with E-state index in [1.165, 1.54) is 46.9 Å². The Hall–Kier alpha value is -2.67. The first-order valence-corrected chi connectivity index (χ1v) is 13.5. The van der Waals surface area contributed by atoms with Crippen LogP contribution in [0, 0.1) is 0 Å². The van der Waals surface area contributed by atoms with E-state index in [0.717, 1.165) is 11.3 Å². The summed E-state index contributed by atoms with van der Waals surface area (Å²) in [4.78, 5) is 17.4. The molecule has 2 aromatic heterocycles. The first-order valence-electron chi connectivity index (χ1n) is 10.8. The van der Waals surface area contributed by atoms with Gasteiger partial charge in [-0.1, -0.05) is 18.5 Å². The van der Waals surface area contributed by atoms with Crippen LogP contribution in [0.25, 0.3) is 11.3 Å². The third kappa shape index (κ3) is 5.66. The number of thiophene rings is 1. The van der Waals surface area contributed by atoms with Crippen molar-refractivity contribution >= 4 is 38.9 Å². The van der Waals surface area contributed by atoms with E-state index in [2.05, 4.69) is 15.0 Å². The van der Waals surface area contributed by atoms with Gasteiger partial charge >= 0.3 is 6.36 Å². The van der Waals surface area contributed by atoms with Crippen LogP contribution in [0.2, 0.25) is 4.34 Å². The van der Waals surface area contributed by atoms with Gasteiger partial charge in [0, 0.05) is 24.8 Å². The molecule has 0 spiro atoms. The molecule has 36 heavy (non-hydrogen) atoms. The number of halogens is 4. The summed E-state index contributed by atoms with van der Waals surface area (Å²) in [7, 11) is -3.90. The lowest BCUT2D eigenvalue weighted by Crippen LogP contribution is -2.51. The van der Waals surface area contributed by atoms with Gasteiger partial charge in [-0.2, -0.15) is 4.31 Å². The molecule has 1 amide bonds. The van der Waals surface area contributed by atoms with Crippen LogP contribution in [0.3, 0.4) is 0 Å². The number of nitrogens with zero attached hydrogens (tertiary/aromatic N) is 2. The minimum absolute atomic E-state index is 0.0823. The Kier molecular flexibility index (Phi) is 7.33. The van der Waals surface area contributed by atoms with E-state index in [1.54, 1.807) is 19.1 Å². The zero-order valence-electron chi connectivity index (χ0n) is 18.9. The van der Waals surface area contributed by atoms with Crippen LogP contribution in [-0.4, -0.2) is 42.1 Å². The molecule has 2 heterocycles. The molecule has 13 heteroatoms. The van der Waals surface area contributed by atoms with E-state index >= 15 is 0 Å². The molecule has 192 valence electrons. The van der Waals surface area contributed by atoms with Crippen molar-refractivity contribution < 1.29 is 31.1 Å².